The fraction of sp³-hybridized carbons (Fsp3) is 0.371. The van der Waals surface area contributed by atoms with E-state index >= 15 is 0 Å². The van der Waals surface area contributed by atoms with E-state index in [2.05, 4.69) is 35.5 Å². The van der Waals surface area contributed by atoms with Gasteiger partial charge in [0.25, 0.3) is 11.1 Å². The van der Waals surface area contributed by atoms with E-state index in [1.54, 1.807) is 44.1 Å². The van der Waals surface area contributed by atoms with Gasteiger partial charge in [0, 0.05) is 31.5 Å². The molecule has 0 spiro atoms. The Morgan fingerprint density at radius 2 is 1.11 bits per heavy atom. The summed E-state index contributed by atoms with van der Waals surface area (Å²) >= 11 is 0. The molecule has 2 unspecified atom stereocenters. The summed E-state index contributed by atoms with van der Waals surface area (Å²) in [5.41, 5.74) is 1.54. The molecule has 12 nitrogen and oxygen atoms in total. The van der Waals surface area contributed by atoms with Gasteiger partial charge in [-0.25, -0.2) is 19.3 Å². The van der Waals surface area contributed by atoms with E-state index < -0.39 is 23.5 Å². The van der Waals surface area contributed by atoms with Crippen molar-refractivity contribution in [1.29, 1.82) is 0 Å². The number of aromatic amines is 2. The van der Waals surface area contributed by atoms with E-state index in [0.717, 1.165) is 24.3 Å². The third kappa shape index (κ3) is 8.52. The average molecular weight is 745 g/mol. The topological polar surface area (TPSA) is 142 Å². The molecule has 53 heavy (non-hydrogen) atoms. The number of aryl methyl sites for hydroxylation is 4. The van der Waals surface area contributed by atoms with E-state index in [1.807, 2.05) is 18.7 Å². The third-order valence-electron chi connectivity index (χ3n) is 8.53. The second-order valence-corrected chi connectivity index (χ2v) is 12.8. The Morgan fingerprint density at radius 3 is 1.55 bits per heavy atom. The lowest BCUT2D eigenvalue weighted by molar-refractivity contribution is -0.138. The average Bonchev–Trinajstić information content (AvgIpc) is 3.59. The number of rotatable bonds is 8. The molecule has 0 aliphatic rings. The second kappa shape index (κ2) is 14.7. The molecule has 282 valence electrons. The smallest absolute Gasteiger partial charge is 0.383 e. The molecule has 4 aromatic heterocycles. The van der Waals surface area contributed by atoms with E-state index in [1.165, 1.54) is 24.3 Å². The normalized spacial score (nSPS) is 13.2. The summed E-state index contributed by atoms with van der Waals surface area (Å²) in [7, 11) is 1.79. The van der Waals surface area contributed by atoms with Gasteiger partial charge in [0.15, 0.2) is 11.3 Å². The summed E-state index contributed by atoms with van der Waals surface area (Å²) in [6, 6.07) is 9.52. The summed E-state index contributed by atoms with van der Waals surface area (Å²) < 4.78 is 79.3. The standard InChI is InChI=1S/C18H20F3N5O.C17H18F3N5O/c1-10(9-25(4)14-7-5-13(6-8-14)18(19,20)21)26-16-15(11(2)24-26)17(27)23-12(3)22-16;1-9(8-21-13-6-4-12(5-7-13)17(18,19)20)25-15-14(10(2)24-25)16(26)23-11(3)22-15/h5-8,10H,9H2,1-4H3,(H,22,23,27);4-7,9,21H,8H2,1-3H3,(H,22,23,26). The molecule has 0 aliphatic heterocycles. The molecule has 0 saturated heterocycles. The van der Waals surface area contributed by atoms with Crippen LogP contribution in [0.2, 0.25) is 0 Å². The SMILES string of the molecule is Cc1nc2c(c(C)nn2C(C)CN(C)c2ccc(C(F)(F)F)cc2)c(=O)[nH]1.Cc1nc2c(c(C)nn2C(C)CNc2ccc(C(F)(F)F)cc2)c(=O)[nH]1. The summed E-state index contributed by atoms with van der Waals surface area (Å²) in [6.07, 6.45) is -8.71. The van der Waals surface area contributed by atoms with Gasteiger partial charge >= 0.3 is 12.4 Å². The Kier molecular flexibility index (Phi) is 10.7. The summed E-state index contributed by atoms with van der Waals surface area (Å²) in [4.78, 5) is 40.2. The molecule has 6 rings (SSSR count). The lowest BCUT2D eigenvalue weighted by Gasteiger charge is -2.24. The number of anilines is 2. The fourth-order valence-electron chi connectivity index (χ4n) is 5.87. The van der Waals surface area contributed by atoms with Crippen LogP contribution in [0.5, 0.6) is 0 Å². The van der Waals surface area contributed by atoms with Crippen molar-refractivity contribution in [3.63, 3.8) is 0 Å². The number of aromatic nitrogens is 8. The monoisotopic (exact) mass is 744 g/mol. The first-order valence-corrected chi connectivity index (χ1v) is 16.5. The van der Waals surface area contributed by atoms with Crippen LogP contribution < -0.4 is 21.3 Å². The van der Waals surface area contributed by atoms with Crippen molar-refractivity contribution in [3.8, 4) is 0 Å². The van der Waals surface area contributed by atoms with Crippen LogP contribution in [-0.2, 0) is 12.4 Å². The van der Waals surface area contributed by atoms with Crippen LogP contribution in [0.3, 0.4) is 0 Å². The molecule has 0 radical (unpaired) electrons. The number of benzene rings is 2. The predicted molar refractivity (Wildman–Crippen MR) is 189 cm³/mol. The minimum absolute atomic E-state index is 0.151. The summed E-state index contributed by atoms with van der Waals surface area (Å²) in [5, 5.41) is 12.8. The van der Waals surface area contributed by atoms with Crippen LogP contribution in [0.1, 0.15) is 60.1 Å². The van der Waals surface area contributed by atoms with Crippen molar-refractivity contribution < 1.29 is 26.3 Å². The molecule has 0 fully saturated rings. The van der Waals surface area contributed by atoms with Crippen LogP contribution in [0.4, 0.5) is 37.7 Å². The van der Waals surface area contributed by atoms with Gasteiger partial charge in [0.1, 0.15) is 22.4 Å². The highest BCUT2D eigenvalue weighted by Crippen LogP contribution is 2.31. The number of likely N-dealkylation sites (N-methyl/N-ethyl adjacent to an activating group) is 1. The van der Waals surface area contributed by atoms with Crippen molar-refractivity contribution in [3.05, 3.63) is 103 Å². The molecule has 0 bridgehead atoms. The van der Waals surface area contributed by atoms with Gasteiger partial charge in [-0.05, 0) is 90.1 Å². The Bertz CT molecular complexity index is 2340. The van der Waals surface area contributed by atoms with Gasteiger partial charge in [0.05, 0.1) is 34.6 Å². The molecular weight excluding hydrogens is 706 g/mol. The van der Waals surface area contributed by atoms with Crippen molar-refractivity contribution in [1.82, 2.24) is 39.5 Å². The van der Waals surface area contributed by atoms with Crippen molar-refractivity contribution in [2.45, 2.75) is 66.0 Å². The molecule has 6 aromatic rings. The lowest BCUT2D eigenvalue weighted by atomic mass is 10.2. The first-order chi connectivity index (χ1) is 24.7. The zero-order chi connectivity index (χ0) is 39.0. The highest BCUT2D eigenvalue weighted by molar-refractivity contribution is 5.77. The Labute approximate surface area is 298 Å². The van der Waals surface area contributed by atoms with Gasteiger partial charge in [-0.15, -0.1) is 0 Å². The number of fused-ring (bicyclic) bond motifs is 2. The van der Waals surface area contributed by atoms with Crippen LogP contribution in [-0.4, -0.2) is 59.6 Å². The molecule has 3 N–H and O–H groups in total. The van der Waals surface area contributed by atoms with Crippen molar-refractivity contribution >= 4 is 33.4 Å². The number of H-pyrrole nitrogens is 2. The molecule has 2 aromatic carbocycles. The number of hydrogen-bond donors (Lipinski definition) is 3. The minimum Gasteiger partial charge on any atom is -0.383 e. The van der Waals surface area contributed by atoms with Crippen LogP contribution in [0.25, 0.3) is 22.1 Å². The Hall–Kier alpha value is -5.68. The fourth-order valence-corrected chi connectivity index (χ4v) is 5.87. The lowest BCUT2D eigenvalue weighted by Crippen LogP contribution is -2.27. The van der Waals surface area contributed by atoms with Gasteiger partial charge in [-0.2, -0.15) is 36.5 Å². The van der Waals surface area contributed by atoms with Crippen molar-refractivity contribution in [2.24, 2.45) is 0 Å². The molecule has 0 saturated carbocycles. The van der Waals surface area contributed by atoms with Crippen LogP contribution in [0, 0.1) is 27.7 Å². The zero-order valence-corrected chi connectivity index (χ0v) is 29.9. The largest absolute Gasteiger partial charge is 0.416 e. The maximum absolute atomic E-state index is 12.7. The molecule has 18 heteroatoms. The molecule has 0 amide bonds. The quantitative estimate of drug-likeness (QED) is 0.143. The minimum atomic E-state index is -4.35. The third-order valence-corrected chi connectivity index (χ3v) is 8.53. The summed E-state index contributed by atoms with van der Waals surface area (Å²) in [6.45, 7) is 11.6. The molecule has 0 aliphatic carbocycles. The zero-order valence-electron chi connectivity index (χ0n) is 29.9. The maximum Gasteiger partial charge on any atom is 0.416 e. The van der Waals surface area contributed by atoms with Crippen molar-refractivity contribution in [2.75, 3.05) is 30.4 Å². The van der Waals surface area contributed by atoms with Gasteiger partial charge < -0.3 is 20.2 Å². The molecular formula is C35H38F6N10O2. The van der Waals surface area contributed by atoms with E-state index in [4.69, 9.17) is 0 Å². The van der Waals surface area contributed by atoms with E-state index in [9.17, 15) is 35.9 Å². The Morgan fingerprint density at radius 1 is 0.698 bits per heavy atom. The predicted octanol–water partition coefficient (Wildman–Crippen LogP) is 6.88. The van der Waals surface area contributed by atoms with E-state index in [0.29, 0.717) is 69.6 Å². The first kappa shape index (κ1) is 38.5. The van der Waals surface area contributed by atoms with Gasteiger partial charge in [-0.3, -0.25) is 9.59 Å². The molecule has 2 atom stereocenters. The van der Waals surface area contributed by atoms with Crippen LogP contribution >= 0.6 is 0 Å². The number of alkyl halides is 6. The first-order valence-electron chi connectivity index (χ1n) is 16.5. The van der Waals surface area contributed by atoms with Gasteiger partial charge in [-0.1, -0.05) is 0 Å². The van der Waals surface area contributed by atoms with Crippen LogP contribution in [0.15, 0.2) is 58.1 Å². The second-order valence-electron chi connectivity index (χ2n) is 12.8. The number of nitrogens with one attached hydrogen (secondary N) is 3. The van der Waals surface area contributed by atoms with E-state index in [-0.39, 0.29) is 23.2 Å². The number of nitrogens with zero attached hydrogens (tertiary/aromatic N) is 7. The highest BCUT2D eigenvalue weighted by Gasteiger charge is 2.31. The highest BCUT2D eigenvalue weighted by atomic mass is 19.4. The Balaban J connectivity index is 0.000000204. The van der Waals surface area contributed by atoms with Gasteiger partial charge in [0.2, 0.25) is 0 Å². The number of halogens is 6. The summed E-state index contributed by atoms with van der Waals surface area (Å²) in [5.74, 6) is 0.989. The molecule has 4 heterocycles. The maximum atomic E-state index is 12.7. The number of hydrogen-bond acceptors (Lipinski definition) is 8.